The van der Waals surface area contributed by atoms with Crippen LogP contribution in [0.5, 0.6) is 0 Å². The molecule has 5 heavy (non-hydrogen) atoms. The summed E-state index contributed by atoms with van der Waals surface area (Å²) in [4.78, 5) is 8.24. The summed E-state index contributed by atoms with van der Waals surface area (Å²) in [5, 5.41) is 0.421. The summed E-state index contributed by atoms with van der Waals surface area (Å²) in [5.41, 5.74) is 0. The molecule has 0 heterocycles. The topological polar surface area (TPSA) is 21.4 Å². The highest BCUT2D eigenvalue weighted by Crippen LogP contribution is 1.88. The first-order valence-corrected chi connectivity index (χ1v) is 2.56. The van der Waals surface area contributed by atoms with Gasteiger partial charge in [0.1, 0.15) is 0 Å². The largest absolute Gasteiger partial charge is 0.347 e. The van der Waals surface area contributed by atoms with Crippen molar-refractivity contribution < 1.29 is 4.79 Å². The Morgan fingerprint density at radius 2 is 2.00 bits per heavy atom. The standard InChI is InChI=1S/C3H6OS/c1-3(4)5-2/h1-2H3/p+1. The van der Waals surface area contributed by atoms with Gasteiger partial charge in [-0.1, -0.05) is 0 Å². The Morgan fingerprint density at radius 3 is 2.00 bits per heavy atom. The Hall–Kier alpha value is 0.0200. The first-order valence-electron chi connectivity index (χ1n) is 1.34. The van der Waals surface area contributed by atoms with E-state index in [0.29, 0.717) is 5.12 Å². The zero-order valence-electron chi connectivity index (χ0n) is 3.36. The van der Waals surface area contributed by atoms with E-state index in [1.165, 1.54) is 11.8 Å². The predicted octanol–water partition coefficient (Wildman–Crippen LogP) is 0.872. The maximum atomic E-state index is 8.24. The summed E-state index contributed by atoms with van der Waals surface area (Å²) in [5.74, 6) is 0. The fourth-order valence-corrected chi connectivity index (χ4v) is 0. The van der Waals surface area contributed by atoms with E-state index in [9.17, 15) is 0 Å². The molecule has 0 bridgehead atoms. The molecule has 0 saturated carbocycles. The van der Waals surface area contributed by atoms with Crippen molar-refractivity contribution in [1.29, 1.82) is 0 Å². The normalized spacial score (nSPS) is 7.60. The fourth-order valence-electron chi connectivity index (χ4n) is 0. The molecule has 30 valence electrons. The first-order chi connectivity index (χ1) is 2.27. The van der Waals surface area contributed by atoms with Crippen molar-refractivity contribution in [2.24, 2.45) is 0 Å². The van der Waals surface area contributed by atoms with Gasteiger partial charge in [0.15, 0.2) is 0 Å². The van der Waals surface area contributed by atoms with Gasteiger partial charge in [-0.25, -0.2) is 0 Å². The molecule has 1 N–H and O–H groups in total. The van der Waals surface area contributed by atoms with Gasteiger partial charge >= 0.3 is 5.12 Å². The number of hydrogen-bond acceptors (Lipinski definition) is 1. The smallest absolute Gasteiger partial charge is 0.272 e. The van der Waals surface area contributed by atoms with Crippen LogP contribution in [0.2, 0.25) is 0 Å². The zero-order valence-corrected chi connectivity index (χ0v) is 4.17. The van der Waals surface area contributed by atoms with Crippen molar-refractivity contribution in [3.8, 4) is 0 Å². The van der Waals surface area contributed by atoms with E-state index in [-0.39, 0.29) is 0 Å². The van der Waals surface area contributed by atoms with Crippen LogP contribution in [-0.2, 0) is 0 Å². The van der Waals surface area contributed by atoms with E-state index >= 15 is 0 Å². The Labute approximate surface area is 35.8 Å². The minimum Gasteiger partial charge on any atom is -0.272 e. The Kier molecular flexibility index (Phi) is 2.28. The van der Waals surface area contributed by atoms with Crippen LogP contribution in [0.25, 0.3) is 0 Å². The minimum atomic E-state index is 0.421. The molecule has 0 aliphatic rings. The van der Waals surface area contributed by atoms with Crippen molar-refractivity contribution in [1.82, 2.24) is 0 Å². The van der Waals surface area contributed by atoms with Gasteiger partial charge in [-0.05, 0) is 18.0 Å². The van der Waals surface area contributed by atoms with Gasteiger partial charge in [-0.15, -0.1) is 0 Å². The molecule has 0 unspecified atom stereocenters. The lowest BCUT2D eigenvalue weighted by Crippen LogP contribution is -1.73. The fraction of sp³-hybridized carbons (Fsp3) is 0.667. The molecule has 0 saturated heterocycles. The molecule has 0 aliphatic carbocycles. The maximum absolute atomic E-state index is 8.24. The zero-order chi connectivity index (χ0) is 4.28. The van der Waals surface area contributed by atoms with E-state index in [4.69, 9.17) is 4.79 Å². The van der Waals surface area contributed by atoms with Gasteiger partial charge in [0.2, 0.25) is 0 Å². The molecule has 0 amide bonds. The summed E-state index contributed by atoms with van der Waals surface area (Å²) in [6, 6.07) is 0. The number of rotatable bonds is 0. The molecule has 0 spiro atoms. The third-order valence-electron chi connectivity index (χ3n) is 0.295. The lowest BCUT2D eigenvalue weighted by atomic mass is 10.9. The molecular formula is C3H7OS+. The highest BCUT2D eigenvalue weighted by molar-refractivity contribution is 8.13. The van der Waals surface area contributed by atoms with Crippen molar-refractivity contribution in [2.45, 2.75) is 6.92 Å². The van der Waals surface area contributed by atoms with Crippen molar-refractivity contribution >= 4 is 16.9 Å². The second-order valence-electron chi connectivity index (χ2n) is 0.723. The van der Waals surface area contributed by atoms with Crippen LogP contribution in [0.1, 0.15) is 6.92 Å². The Bertz CT molecular complexity index is 42.2. The van der Waals surface area contributed by atoms with Crippen LogP contribution in [0.4, 0.5) is 0 Å². The Morgan fingerprint density at radius 1 is 1.80 bits per heavy atom. The van der Waals surface area contributed by atoms with Gasteiger partial charge in [-0.2, -0.15) is 0 Å². The minimum absolute atomic E-state index is 0.421. The van der Waals surface area contributed by atoms with Crippen LogP contribution in [0, 0.1) is 0 Å². The van der Waals surface area contributed by atoms with E-state index in [1.54, 1.807) is 6.92 Å². The molecule has 0 aromatic carbocycles. The SMILES string of the molecule is CSC(C)=[OH+]. The van der Waals surface area contributed by atoms with Crippen LogP contribution < -0.4 is 0 Å². The quantitative estimate of drug-likeness (QED) is 0.405. The molecular weight excluding hydrogens is 84.1 g/mol. The lowest BCUT2D eigenvalue weighted by Gasteiger charge is -1.63. The third kappa shape index (κ3) is 4.02. The summed E-state index contributed by atoms with van der Waals surface area (Å²) < 4.78 is 0. The lowest BCUT2D eigenvalue weighted by molar-refractivity contribution is 0.686. The van der Waals surface area contributed by atoms with Crippen LogP contribution in [0.3, 0.4) is 0 Å². The molecule has 0 aromatic heterocycles. The van der Waals surface area contributed by atoms with Crippen LogP contribution in [0.15, 0.2) is 0 Å². The summed E-state index contributed by atoms with van der Waals surface area (Å²) >= 11 is 1.35. The number of hydrogen-bond donors (Lipinski definition) is 0. The molecule has 0 fully saturated rings. The monoisotopic (exact) mass is 91.0 g/mol. The molecule has 1 nitrogen and oxygen atoms in total. The average molecular weight is 91.2 g/mol. The molecule has 2 heteroatoms. The molecule has 0 rings (SSSR count). The van der Waals surface area contributed by atoms with E-state index in [0.717, 1.165) is 0 Å². The Balaban J connectivity index is 2.85. The van der Waals surface area contributed by atoms with Crippen molar-refractivity contribution in [3.63, 3.8) is 0 Å². The van der Waals surface area contributed by atoms with Gasteiger partial charge in [0, 0.05) is 0 Å². The number of thioether (sulfide) groups is 1. The van der Waals surface area contributed by atoms with Crippen LogP contribution >= 0.6 is 11.8 Å². The van der Waals surface area contributed by atoms with Gasteiger partial charge in [-0.3, -0.25) is 4.79 Å². The molecule has 0 aliphatic heterocycles. The summed E-state index contributed by atoms with van der Waals surface area (Å²) in [7, 11) is 0. The van der Waals surface area contributed by atoms with Gasteiger partial charge in [0.05, 0.1) is 6.92 Å². The molecule has 0 radical (unpaired) electrons. The maximum Gasteiger partial charge on any atom is 0.347 e. The van der Waals surface area contributed by atoms with Crippen molar-refractivity contribution in [3.05, 3.63) is 0 Å². The second kappa shape index (κ2) is 2.27. The first kappa shape index (κ1) is 5.02. The van der Waals surface area contributed by atoms with E-state index in [2.05, 4.69) is 0 Å². The summed E-state index contributed by atoms with van der Waals surface area (Å²) in [6.07, 6.45) is 1.83. The summed E-state index contributed by atoms with van der Waals surface area (Å²) in [6.45, 7) is 1.66. The van der Waals surface area contributed by atoms with Crippen LogP contribution in [-0.4, -0.2) is 16.2 Å². The highest BCUT2D eigenvalue weighted by Gasteiger charge is 1.87. The predicted molar refractivity (Wildman–Crippen MR) is 26.1 cm³/mol. The third-order valence-corrected chi connectivity index (χ3v) is 0.886. The highest BCUT2D eigenvalue weighted by atomic mass is 32.2. The van der Waals surface area contributed by atoms with E-state index in [1.807, 2.05) is 6.26 Å². The number of carbonyl (C=O) groups excluding carboxylic acids is 1. The van der Waals surface area contributed by atoms with E-state index < -0.39 is 0 Å². The molecule has 0 atom stereocenters. The average Bonchev–Trinajstić information content (AvgIpc) is 1.38. The van der Waals surface area contributed by atoms with Gasteiger partial charge < -0.3 is 0 Å². The second-order valence-corrected chi connectivity index (χ2v) is 1.72. The molecule has 0 aromatic rings. The van der Waals surface area contributed by atoms with Gasteiger partial charge in [0.25, 0.3) is 0 Å². The van der Waals surface area contributed by atoms with Crippen molar-refractivity contribution in [2.75, 3.05) is 6.26 Å².